The summed E-state index contributed by atoms with van der Waals surface area (Å²) >= 11 is 5.96. The molecule has 0 spiro atoms. The highest BCUT2D eigenvalue weighted by Gasteiger charge is 2.42. The molecule has 0 amide bonds. The molecule has 124 valence electrons. The summed E-state index contributed by atoms with van der Waals surface area (Å²) < 4.78 is 6.11. The number of piperidine rings is 1. The number of ether oxygens (including phenoxy) is 1. The Morgan fingerprint density at radius 3 is 2.71 bits per heavy atom. The number of ketones is 1. The number of carbonyl (C=O) groups excluding carboxylic acids is 1. The summed E-state index contributed by atoms with van der Waals surface area (Å²) in [5.41, 5.74) is 2.68. The maximum absolute atomic E-state index is 12.4. The van der Waals surface area contributed by atoms with Gasteiger partial charge in [0.2, 0.25) is 0 Å². The van der Waals surface area contributed by atoms with Crippen molar-refractivity contribution >= 4 is 17.4 Å². The molecule has 2 aromatic carbocycles. The smallest absolute Gasteiger partial charge is 0.167 e. The van der Waals surface area contributed by atoms with Crippen molar-refractivity contribution in [3.8, 4) is 0 Å². The van der Waals surface area contributed by atoms with E-state index < -0.39 is 0 Å². The van der Waals surface area contributed by atoms with Gasteiger partial charge in [0, 0.05) is 29.6 Å². The largest absolute Gasteiger partial charge is 0.367 e. The molecule has 5 rings (SSSR count). The number of halogens is 1. The fraction of sp³-hybridized carbons (Fsp3) is 0.350. The van der Waals surface area contributed by atoms with Crippen molar-refractivity contribution < 1.29 is 9.53 Å². The third-order valence-corrected chi connectivity index (χ3v) is 5.36. The zero-order valence-electron chi connectivity index (χ0n) is 13.4. The lowest BCUT2D eigenvalue weighted by atomic mass is 9.81. The van der Waals surface area contributed by atoms with Gasteiger partial charge in [-0.3, -0.25) is 4.79 Å². The molecule has 3 saturated heterocycles. The van der Waals surface area contributed by atoms with Crippen LogP contribution in [0.1, 0.15) is 34.3 Å². The maximum atomic E-state index is 12.4. The highest BCUT2D eigenvalue weighted by molar-refractivity contribution is 6.31. The van der Waals surface area contributed by atoms with Gasteiger partial charge in [-0.2, -0.15) is 0 Å². The Bertz CT molecular complexity index is 735. The van der Waals surface area contributed by atoms with E-state index in [1.807, 2.05) is 24.3 Å². The summed E-state index contributed by atoms with van der Waals surface area (Å²) in [7, 11) is 0. The molecule has 2 aromatic rings. The predicted molar refractivity (Wildman–Crippen MR) is 94.6 cm³/mol. The molecule has 0 radical (unpaired) electrons. The van der Waals surface area contributed by atoms with Crippen LogP contribution in [-0.4, -0.2) is 25.0 Å². The van der Waals surface area contributed by atoms with E-state index in [0.717, 1.165) is 31.6 Å². The van der Waals surface area contributed by atoms with Crippen molar-refractivity contribution in [3.05, 3.63) is 70.2 Å². The SMILES string of the molecule is O=C(Cc1ccc(C23CCC(CO2)NC3)cc1)c1cccc(Cl)c1. The predicted octanol–water partition coefficient (Wildman–Crippen LogP) is 3.74. The highest BCUT2D eigenvalue weighted by Crippen LogP contribution is 2.38. The number of nitrogens with one attached hydrogen (secondary N) is 1. The molecule has 24 heavy (non-hydrogen) atoms. The van der Waals surface area contributed by atoms with Gasteiger partial charge < -0.3 is 10.1 Å². The van der Waals surface area contributed by atoms with Crippen LogP contribution in [0.4, 0.5) is 0 Å². The Morgan fingerprint density at radius 2 is 2.08 bits per heavy atom. The lowest BCUT2D eigenvalue weighted by molar-refractivity contribution is -0.129. The molecule has 3 aliphatic heterocycles. The summed E-state index contributed by atoms with van der Waals surface area (Å²) in [6.07, 6.45) is 2.61. The lowest BCUT2D eigenvalue weighted by Crippen LogP contribution is -2.57. The topological polar surface area (TPSA) is 38.3 Å². The monoisotopic (exact) mass is 341 g/mol. The fourth-order valence-corrected chi connectivity index (χ4v) is 3.83. The Labute approximate surface area is 147 Å². The van der Waals surface area contributed by atoms with Crippen molar-refractivity contribution in [1.82, 2.24) is 5.32 Å². The third kappa shape index (κ3) is 3.00. The molecule has 3 heterocycles. The van der Waals surface area contributed by atoms with Crippen LogP contribution in [0.2, 0.25) is 5.02 Å². The summed E-state index contributed by atoms with van der Waals surface area (Å²) in [5.74, 6) is 0.0829. The van der Waals surface area contributed by atoms with Crippen LogP contribution in [0.3, 0.4) is 0 Å². The van der Waals surface area contributed by atoms with E-state index in [0.29, 0.717) is 23.0 Å². The first kappa shape index (κ1) is 15.8. The van der Waals surface area contributed by atoms with Crippen molar-refractivity contribution in [2.24, 2.45) is 0 Å². The number of hydrogen-bond donors (Lipinski definition) is 1. The summed E-state index contributed by atoms with van der Waals surface area (Å²) in [6, 6.07) is 15.9. The molecule has 2 bridgehead atoms. The zero-order chi connectivity index (χ0) is 16.6. The van der Waals surface area contributed by atoms with E-state index in [-0.39, 0.29) is 11.4 Å². The molecular formula is C20H20ClNO2. The lowest BCUT2D eigenvalue weighted by Gasteiger charge is -2.47. The van der Waals surface area contributed by atoms with Crippen LogP contribution in [-0.2, 0) is 16.8 Å². The van der Waals surface area contributed by atoms with Gasteiger partial charge in [0.05, 0.1) is 6.61 Å². The molecule has 0 aliphatic carbocycles. The minimum Gasteiger partial charge on any atom is -0.367 e. The van der Waals surface area contributed by atoms with Gasteiger partial charge in [0.1, 0.15) is 5.60 Å². The number of benzene rings is 2. The van der Waals surface area contributed by atoms with E-state index in [9.17, 15) is 4.79 Å². The normalized spacial score (nSPS) is 25.6. The summed E-state index contributed by atoms with van der Waals surface area (Å²) in [6.45, 7) is 1.66. The maximum Gasteiger partial charge on any atom is 0.167 e. The first-order chi connectivity index (χ1) is 11.6. The third-order valence-electron chi connectivity index (χ3n) is 5.13. The van der Waals surface area contributed by atoms with E-state index in [1.54, 1.807) is 12.1 Å². The standard InChI is InChI=1S/C20H20ClNO2/c21-17-3-1-2-15(11-17)19(23)10-14-4-6-16(7-5-14)20-9-8-18(12-24-20)22-13-20/h1-7,11,18,22H,8-10,12-13H2. The van der Waals surface area contributed by atoms with Gasteiger partial charge in [0.25, 0.3) is 0 Å². The number of hydrogen-bond acceptors (Lipinski definition) is 3. The van der Waals surface area contributed by atoms with Crippen molar-refractivity contribution in [1.29, 1.82) is 0 Å². The van der Waals surface area contributed by atoms with Gasteiger partial charge in [-0.25, -0.2) is 0 Å². The highest BCUT2D eigenvalue weighted by atomic mass is 35.5. The zero-order valence-corrected chi connectivity index (χ0v) is 14.2. The van der Waals surface area contributed by atoms with Gasteiger partial charge >= 0.3 is 0 Å². The average Bonchev–Trinajstić information content (AvgIpc) is 2.64. The molecule has 2 unspecified atom stereocenters. The van der Waals surface area contributed by atoms with Crippen LogP contribution in [0.15, 0.2) is 48.5 Å². The van der Waals surface area contributed by atoms with Crippen molar-refractivity contribution in [2.75, 3.05) is 13.2 Å². The second-order valence-corrected chi connectivity index (χ2v) is 7.17. The Morgan fingerprint density at radius 1 is 1.25 bits per heavy atom. The fourth-order valence-electron chi connectivity index (χ4n) is 3.64. The Kier molecular flexibility index (Phi) is 4.17. The molecule has 0 saturated carbocycles. The first-order valence-electron chi connectivity index (χ1n) is 8.40. The molecule has 3 fully saturated rings. The molecule has 1 N–H and O–H groups in total. The van der Waals surface area contributed by atoms with E-state index >= 15 is 0 Å². The quantitative estimate of drug-likeness (QED) is 0.861. The van der Waals surface area contributed by atoms with Crippen LogP contribution in [0, 0.1) is 0 Å². The number of rotatable bonds is 4. The minimum absolute atomic E-state index is 0.0829. The summed E-state index contributed by atoms with van der Waals surface area (Å²) in [4.78, 5) is 12.4. The van der Waals surface area contributed by atoms with E-state index in [2.05, 4.69) is 17.4 Å². The Hall–Kier alpha value is -1.68. The van der Waals surface area contributed by atoms with Crippen LogP contribution >= 0.6 is 11.6 Å². The van der Waals surface area contributed by atoms with Crippen molar-refractivity contribution in [2.45, 2.75) is 30.9 Å². The molecule has 3 nitrogen and oxygen atoms in total. The Balaban J connectivity index is 1.49. The van der Waals surface area contributed by atoms with E-state index in [4.69, 9.17) is 16.3 Å². The summed E-state index contributed by atoms with van der Waals surface area (Å²) in [5, 5.41) is 4.13. The van der Waals surface area contributed by atoms with Crippen LogP contribution in [0.25, 0.3) is 0 Å². The number of fused-ring (bicyclic) bond motifs is 3. The minimum atomic E-state index is -0.190. The molecule has 4 heteroatoms. The molecule has 0 aromatic heterocycles. The van der Waals surface area contributed by atoms with Gasteiger partial charge in [-0.05, 0) is 36.1 Å². The number of Topliss-reactive ketones (excluding diaryl/α,β-unsaturated/α-hetero) is 1. The number of carbonyl (C=O) groups is 1. The second kappa shape index (κ2) is 6.32. The number of morpholine rings is 1. The van der Waals surface area contributed by atoms with Gasteiger partial charge in [-0.1, -0.05) is 48.0 Å². The first-order valence-corrected chi connectivity index (χ1v) is 8.78. The van der Waals surface area contributed by atoms with Crippen molar-refractivity contribution in [3.63, 3.8) is 0 Å². The van der Waals surface area contributed by atoms with Gasteiger partial charge in [-0.15, -0.1) is 0 Å². The molecule has 3 aliphatic rings. The second-order valence-electron chi connectivity index (χ2n) is 6.73. The van der Waals surface area contributed by atoms with Crippen LogP contribution in [0.5, 0.6) is 0 Å². The van der Waals surface area contributed by atoms with Gasteiger partial charge in [0.15, 0.2) is 5.78 Å². The average molecular weight is 342 g/mol. The molecule has 2 atom stereocenters. The van der Waals surface area contributed by atoms with Crippen LogP contribution < -0.4 is 5.32 Å². The molecular weight excluding hydrogens is 322 g/mol. The van der Waals surface area contributed by atoms with E-state index in [1.165, 1.54) is 5.56 Å².